The van der Waals surface area contributed by atoms with Crippen molar-refractivity contribution in [2.75, 3.05) is 5.73 Å². The van der Waals surface area contributed by atoms with E-state index in [0.717, 1.165) is 19.3 Å². The monoisotopic (exact) mass is 362 g/mol. The molecular formula is C14H23BrN2O2S. The van der Waals surface area contributed by atoms with Gasteiger partial charge in [0.25, 0.3) is 0 Å². The zero-order valence-electron chi connectivity index (χ0n) is 12.2. The van der Waals surface area contributed by atoms with Gasteiger partial charge in [0, 0.05) is 16.2 Å². The zero-order chi connectivity index (χ0) is 15.3. The minimum Gasteiger partial charge on any atom is -0.398 e. The Bertz CT molecular complexity index is 544. The molecule has 0 heterocycles. The first-order chi connectivity index (χ1) is 9.22. The number of rotatable bonds is 7. The Morgan fingerprint density at radius 3 is 2.45 bits per heavy atom. The van der Waals surface area contributed by atoms with Crippen LogP contribution >= 0.6 is 15.9 Å². The van der Waals surface area contributed by atoms with Crippen LogP contribution in [0.4, 0.5) is 5.69 Å². The molecule has 0 fully saturated rings. The van der Waals surface area contributed by atoms with Crippen molar-refractivity contribution in [1.82, 2.24) is 4.72 Å². The van der Waals surface area contributed by atoms with Gasteiger partial charge in [-0.15, -0.1) is 0 Å². The molecule has 1 rings (SSSR count). The minimum atomic E-state index is -3.50. The van der Waals surface area contributed by atoms with Crippen molar-refractivity contribution < 1.29 is 8.42 Å². The Morgan fingerprint density at radius 2 is 1.90 bits per heavy atom. The van der Waals surface area contributed by atoms with Gasteiger partial charge in [0.05, 0.1) is 4.90 Å². The summed E-state index contributed by atoms with van der Waals surface area (Å²) in [4.78, 5) is 0.203. The summed E-state index contributed by atoms with van der Waals surface area (Å²) in [6.45, 7) is 6.22. The molecule has 0 bridgehead atoms. The molecule has 6 heteroatoms. The van der Waals surface area contributed by atoms with Gasteiger partial charge < -0.3 is 5.73 Å². The lowest BCUT2D eigenvalue weighted by atomic mass is 10.0. The fourth-order valence-electron chi connectivity index (χ4n) is 1.91. The number of benzene rings is 1. The molecule has 0 amide bonds. The van der Waals surface area contributed by atoms with Crippen LogP contribution in [-0.4, -0.2) is 14.5 Å². The largest absolute Gasteiger partial charge is 0.398 e. The van der Waals surface area contributed by atoms with Gasteiger partial charge in [0.1, 0.15) is 0 Å². The van der Waals surface area contributed by atoms with E-state index in [9.17, 15) is 8.42 Å². The van der Waals surface area contributed by atoms with Gasteiger partial charge in [-0.3, -0.25) is 0 Å². The van der Waals surface area contributed by atoms with Crippen molar-refractivity contribution in [3.63, 3.8) is 0 Å². The van der Waals surface area contributed by atoms with Gasteiger partial charge >= 0.3 is 0 Å². The van der Waals surface area contributed by atoms with E-state index in [1.54, 1.807) is 12.1 Å². The van der Waals surface area contributed by atoms with Crippen molar-refractivity contribution in [3.8, 4) is 0 Å². The van der Waals surface area contributed by atoms with Gasteiger partial charge in [0.15, 0.2) is 0 Å². The third-order valence-electron chi connectivity index (χ3n) is 3.05. The molecule has 1 aromatic rings. The summed E-state index contributed by atoms with van der Waals surface area (Å²) in [5.74, 6) is 0.644. The van der Waals surface area contributed by atoms with E-state index >= 15 is 0 Å². The molecule has 0 saturated carbocycles. The first kappa shape index (κ1) is 17.5. The fraction of sp³-hybridized carbons (Fsp3) is 0.571. The number of halogens is 1. The summed E-state index contributed by atoms with van der Waals surface area (Å²) in [6, 6.07) is 4.58. The maximum absolute atomic E-state index is 12.2. The third kappa shape index (κ3) is 5.42. The second-order valence-corrected chi connectivity index (χ2v) is 8.10. The van der Waals surface area contributed by atoms with Crippen LogP contribution in [0.2, 0.25) is 0 Å². The maximum atomic E-state index is 12.2. The summed E-state index contributed by atoms with van der Waals surface area (Å²) in [5, 5.41) is 0. The summed E-state index contributed by atoms with van der Waals surface area (Å²) >= 11 is 3.25. The SMILES string of the molecule is CC(C)CCCC(C)NS(=O)(=O)c1ccc(Br)c(N)c1. The number of nitrogen functional groups attached to an aromatic ring is 1. The molecule has 1 aromatic carbocycles. The van der Waals surface area contributed by atoms with Gasteiger partial charge in [0.2, 0.25) is 10.0 Å². The Morgan fingerprint density at radius 1 is 1.25 bits per heavy atom. The molecule has 0 radical (unpaired) electrons. The number of nitrogens with one attached hydrogen (secondary N) is 1. The standard InChI is InChI=1S/C14H23BrN2O2S/c1-10(2)5-4-6-11(3)17-20(18,19)12-7-8-13(15)14(16)9-12/h7-11,17H,4-6,16H2,1-3H3. The molecular weight excluding hydrogens is 340 g/mol. The first-order valence-electron chi connectivity index (χ1n) is 6.79. The van der Waals surface area contributed by atoms with Crippen molar-refractivity contribution in [2.24, 2.45) is 5.92 Å². The van der Waals surface area contributed by atoms with Gasteiger partial charge in [-0.25, -0.2) is 13.1 Å². The van der Waals surface area contributed by atoms with Gasteiger partial charge in [-0.1, -0.05) is 26.7 Å². The first-order valence-corrected chi connectivity index (χ1v) is 9.07. The lowest BCUT2D eigenvalue weighted by Crippen LogP contribution is -2.32. The number of hydrogen-bond donors (Lipinski definition) is 2. The Hall–Kier alpha value is -0.590. The van der Waals surface area contributed by atoms with E-state index in [0.29, 0.717) is 16.1 Å². The van der Waals surface area contributed by atoms with Crippen molar-refractivity contribution >= 4 is 31.6 Å². The topological polar surface area (TPSA) is 72.2 Å². The normalized spacial score (nSPS) is 13.7. The van der Waals surface area contributed by atoms with Crippen LogP contribution in [0, 0.1) is 5.92 Å². The van der Waals surface area contributed by atoms with Gasteiger partial charge in [-0.2, -0.15) is 0 Å². The highest BCUT2D eigenvalue weighted by Gasteiger charge is 2.18. The maximum Gasteiger partial charge on any atom is 0.240 e. The highest BCUT2D eigenvalue weighted by molar-refractivity contribution is 9.10. The number of nitrogens with two attached hydrogens (primary N) is 1. The van der Waals surface area contributed by atoms with Crippen LogP contribution < -0.4 is 10.5 Å². The van der Waals surface area contributed by atoms with Crippen LogP contribution in [0.5, 0.6) is 0 Å². The van der Waals surface area contributed by atoms with Crippen LogP contribution in [0.3, 0.4) is 0 Å². The average molecular weight is 363 g/mol. The van der Waals surface area contributed by atoms with Crippen LogP contribution in [0.1, 0.15) is 40.0 Å². The molecule has 0 aliphatic carbocycles. The Kier molecular flexibility index (Phi) is 6.48. The van der Waals surface area contributed by atoms with E-state index < -0.39 is 10.0 Å². The third-order valence-corrected chi connectivity index (χ3v) is 5.36. The molecule has 3 N–H and O–H groups in total. The predicted molar refractivity (Wildman–Crippen MR) is 87.0 cm³/mol. The quantitative estimate of drug-likeness (QED) is 0.728. The average Bonchev–Trinajstić information content (AvgIpc) is 2.31. The van der Waals surface area contributed by atoms with E-state index in [4.69, 9.17) is 5.73 Å². The van der Waals surface area contributed by atoms with Crippen LogP contribution in [-0.2, 0) is 10.0 Å². The smallest absolute Gasteiger partial charge is 0.240 e. The van der Waals surface area contributed by atoms with Crippen molar-refractivity contribution in [2.45, 2.75) is 51.0 Å². The molecule has 4 nitrogen and oxygen atoms in total. The molecule has 114 valence electrons. The summed E-state index contributed by atoms with van der Waals surface area (Å²) < 4.78 is 27.8. The van der Waals surface area contributed by atoms with Crippen LogP contribution in [0.25, 0.3) is 0 Å². The lowest BCUT2D eigenvalue weighted by Gasteiger charge is -2.15. The molecule has 0 saturated heterocycles. The second kappa shape index (κ2) is 7.43. The lowest BCUT2D eigenvalue weighted by molar-refractivity contribution is 0.488. The second-order valence-electron chi connectivity index (χ2n) is 5.53. The molecule has 0 aromatic heterocycles. The van der Waals surface area contributed by atoms with E-state index in [1.807, 2.05) is 6.92 Å². The van der Waals surface area contributed by atoms with E-state index in [1.165, 1.54) is 6.07 Å². The summed E-state index contributed by atoms with van der Waals surface area (Å²) in [5.41, 5.74) is 6.14. The molecule has 1 atom stereocenters. The molecule has 1 unspecified atom stereocenters. The molecule has 0 aliphatic heterocycles. The fourth-order valence-corrected chi connectivity index (χ4v) is 3.47. The van der Waals surface area contributed by atoms with Gasteiger partial charge in [-0.05, 0) is 53.4 Å². The number of sulfonamides is 1. The Labute approximate surface area is 130 Å². The highest BCUT2D eigenvalue weighted by atomic mass is 79.9. The van der Waals surface area contributed by atoms with Crippen LogP contribution in [0.15, 0.2) is 27.6 Å². The summed E-state index contributed by atoms with van der Waals surface area (Å²) in [7, 11) is -3.50. The number of anilines is 1. The molecule has 20 heavy (non-hydrogen) atoms. The zero-order valence-corrected chi connectivity index (χ0v) is 14.6. The highest BCUT2D eigenvalue weighted by Crippen LogP contribution is 2.23. The Balaban J connectivity index is 2.67. The van der Waals surface area contributed by atoms with E-state index in [-0.39, 0.29) is 10.9 Å². The number of hydrogen-bond acceptors (Lipinski definition) is 3. The minimum absolute atomic E-state index is 0.0800. The predicted octanol–water partition coefficient (Wildman–Crippen LogP) is 3.52. The molecule has 0 spiro atoms. The van der Waals surface area contributed by atoms with Crippen molar-refractivity contribution in [1.29, 1.82) is 0 Å². The van der Waals surface area contributed by atoms with Crippen molar-refractivity contribution in [3.05, 3.63) is 22.7 Å². The molecule has 0 aliphatic rings. The van der Waals surface area contributed by atoms with E-state index in [2.05, 4.69) is 34.5 Å². The summed E-state index contributed by atoms with van der Waals surface area (Å²) in [6.07, 6.45) is 2.96.